The first-order valence-corrected chi connectivity index (χ1v) is 13.1. The summed E-state index contributed by atoms with van der Waals surface area (Å²) in [4.78, 5) is 25.9. The number of hydrogen-bond acceptors (Lipinski definition) is 7. The van der Waals surface area contributed by atoms with Crippen LogP contribution in [-0.2, 0) is 0 Å². The van der Waals surface area contributed by atoms with Gasteiger partial charge in [0.1, 0.15) is 12.1 Å². The number of nitrogens with one attached hydrogen (secondary N) is 2. The number of nitrogens with zero attached hydrogens (tertiary/aromatic N) is 4. The molecule has 3 heterocycles. The van der Waals surface area contributed by atoms with Crippen LogP contribution >= 0.6 is 0 Å². The van der Waals surface area contributed by atoms with Crippen molar-refractivity contribution in [2.75, 3.05) is 63.2 Å². The van der Waals surface area contributed by atoms with E-state index in [-0.39, 0.29) is 6.03 Å². The molecule has 0 bridgehead atoms. The quantitative estimate of drug-likeness (QED) is 0.447. The van der Waals surface area contributed by atoms with E-state index >= 15 is 0 Å². The van der Waals surface area contributed by atoms with Crippen molar-refractivity contribution in [3.8, 4) is 11.5 Å². The number of piperazine rings is 1. The maximum atomic E-state index is 12.7. The largest absolute Gasteiger partial charge is 0.493 e. The number of benzene rings is 2. The normalized spacial score (nSPS) is 17.7. The lowest BCUT2D eigenvalue weighted by molar-refractivity contribution is 0.208. The third-order valence-corrected chi connectivity index (χ3v) is 7.25. The predicted octanol–water partition coefficient (Wildman–Crippen LogP) is 4.07. The number of fused-ring (bicyclic) bond motifs is 1. The third kappa shape index (κ3) is 6.05. The monoisotopic (exact) mass is 504 g/mol. The van der Waals surface area contributed by atoms with E-state index in [4.69, 9.17) is 9.47 Å². The van der Waals surface area contributed by atoms with Gasteiger partial charge in [-0.05, 0) is 63.4 Å². The highest BCUT2D eigenvalue weighted by molar-refractivity contribution is 5.92. The minimum absolute atomic E-state index is 0.0799. The van der Waals surface area contributed by atoms with Crippen LogP contribution in [0.5, 0.6) is 11.5 Å². The minimum atomic E-state index is -0.0799. The van der Waals surface area contributed by atoms with E-state index in [1.807, 2.05) is 48.2 Å². The molecule has 2 aromatic carbocycles. The highest BCUT2D eigenvalue weighted by atomic mass is 16.5. The Morgan fingerprint density at radius 3 is 2.65 bits per heavy atom. The molecule has 2 saturated heterocycles. The molecule has 1 atom stereocenters. The highest BCUT2D eigenvalue weighted by Crippen LogP contribution is 2.35. The second kappa shape index (κ2) is 11.6. The number of carbonyl (C=O) groups excluding carboxylic acids is 1. The first-order chi connectivity index (χ1) is 18.1. The van der Waals surface area contributed by atoms with Gasteiger partial charge in [-0.3, -0.25) is 0 Å². The molecule has 5 rings (SSSR count). The third-order valence-electron chi connectivity index (χ3n) is 7.25. The Morgan fingerprint density at radius 2 is 1.92 bits per heavy atom. The Kier molecular flexibility index (Phi) is 7.89. The van der Waals surface area contributed by atoms with Gasteiger partial charge in [0.25, 0.3) is 0 Å². The summed E-state index contributed by atoms with van der Waals surface area (Å²) in [7, 11) is 1.66. The molecule has 2 amide bonds. The van der Waals surface area contributed by atoms with E-state index in [1.54, 1.807) is 13.4 Å². The number of anilines is 2. The maximum absolute atomic E-state index is 12.7. The van der Waals surface area contributed by atoms with Crippen molar-refractivity contribution in [1.29, 1.82) is 0 Å². The molecular formula is C28H36N6O3. The fourth-order valence-electron chi connectivity index (χ4n) is 5.05. The summed E-state index contributed by atoms with van der Waals surface area (Å²) in [5, 5.41) is 7.33. The molecule has 0 radical (unpaired) electrons. The van der Waals surface area contributed by atoms with Gasteiger partial charge in [-0.1, -0.05) is 17.7 Å². The maximum Gasteiger partial charge on any atom is 0.321 e. The van der Waals surface area contributed by atoms with Crippen LogP contribution in [-0.4, -0.2) is 73.9 Å². The second-order valence-corrected chi connectivity index (χ2v) is 9.84. The number of carbonyl (C=O) groups is 1. The van der Waals surface area contributed by atoms with E-state index in [0.717, 1.165) is 53.4 Å². The van der Waals surface area contributed by atoms with Gasteiger partial charge in [-0.15, -0.1) is 0 Å². The zero-order valence-electron chi connectivity index (χ0n) is 21.7. The summed E-state index contributed by atoms with van der Waals surface area (Å²) in [5.41, 5.74) is 2.79. The SMILES string of the molecule is COc1cc2c(N3CCN(C(=O)Nc4ccc(C)cc4)CC3)ncnc2cc1OCCCC1CCNC1. The number of amides is 2. The number of aromatic nitrogens is 2. The topological polar surface area (TPSA) is 91.9 Å². The molecule has 9 nitrogen and oxygen atoms in total. The van der Waals surface area contributed by atoms with Crippen LogP contribution in [0.25, 0.3) is 10.9 Å². The van der Waals surface area contributed by atoms with E-state index in [1.165, 1.54) is 12.8 Å². The second-order valence-electron chi connectivity index (χ2n) is 9.84. The van der Waals surface area contributed by atoms with Crippen LogP contribution in [0, 0.1) is 12.8 Å². The Balaban J connectivity index is 1.22. The van der Waals surface area contributed by atoms with Crippen molar-refractivity contribution < 1.29 is 14.3 Å². The fraction of sp³-hybridized carbons (Fsp3) is 0.464. The zero-order valence-corrected chi connectivity index (χ0v) is 21.7. The van der Waals surface area contributed by atoms with E-state index < -0.39 is 0 Å². The number of methoxy groups -OCH3 is 1. The van der Waals surface area contributed by atoms with E-state index in [0.29, 0.717) is 44.3 Å². The Labute approximate surface area is 218 Å². The van der Waals surface area contributed by atoms with Gasteiger partial charge in [-0.2, -0.15) is 0 Å². The van der Waals surface area contributed by atoms with Crippen LogP contribution in [0.3, 0.4) is 0 Å². The molecule has 2 aliphatic heterocycles. The zero-order chi connectivity index (χ0) is 25.6. The lowest BCUT2D eigenvalue weighted by Crippen LogP contribution is -2.50. The molecule has 0 spiro atoms. The fourth-order valence-corrected chi connectivity index (χ4v) is 5.05. The minimum Gasteiger partial charge on any atom is -0.493 e. The summed E-state index contributed by atoms with van der Waals surface area (Å²) in [6, 6.07) is 11.7. The molecule has 2 N–H and O–H groups in total. The summed E-state index contributed by atoms with van der Waals surface area (Å²) in [5.74, 6) is 3.00. The van der Waals surface area contributed by atoms with Gasteiger partial charge in [-0.25, -0.2) is 14.8 Å². The molecule has 37 heavy (non-hydrogen) atoms. The summed E-state index contributed by atoms with van der Waals surface area (Å²) < 4.78 is 11.8. The van der Waals surface area contributed by atoms with Gasteiger partial charge in [0.05, 0.1) is 19.2 Å². The summed E-state index contributed by atoms with van der Waals surface area (Å²) in [6.45, 7) is 7.51. The number of urea groups is 1. The van der Waals surface area contributed by atoms with Crippen molar-refractivity contribution in [2.24, 2.45) is 5.92 Å². The Hall–Kier alpha value is -3.59. The van der Waals surface area contributed by atoms with Crippen LogP contribution in [0.15, 0.2) is 42.7 Å². The summed E-state index contributed by atoms with van der Waals surface area (Å²) >= 11 is 0. The number of hydrogen-bond donors (Lipinski definition) is 2. The molecule has 1 unspecified atom stereocenters. The smallest absolute Gasteiger partial charge is 0.321 e. The molecule has 9 heteroatoms. The van der Waals surface area contributed by atoms with E-state index in [2.05, 4.69) is 25.5 Å². The van der Waals surface area contributed by atoms with Crippen molar-refractivity contribution >= 4 is 28.4 Å². The van der Waals surface area contributed by atoms with Crippen molar-refractivity contribution in [1.82, 2.24) is 20.2 Å². The molecule has 2 fully saturated rings. The van der Waals surface area contributed by atoms with Crippen LogP contribution in [0.4, 0.5) is 16.3 Å². The first-order valence-electron chi connectivity index (χ1n) is 13.1. The first kappa shape index (κ1) is 25.1. The molecule has 1 aromatic heterocycles. The Bertz CT molecular complexity index is 1200. The van der Waals surface area contributed by atoms with Crippen LogP contribution < -0.4 is 25.0 Å². The molecule has 196 valence electrons. The van der Waals surface area contributed by atoms with Crippen LogP contribution in [0.2, 0.25) is 0 Å². The van der Waals surface area contributed by atoms with Gasteiger partial charge in [0.15, 0.2) is 11.5 Å². The van der Waals surface area contributed by atoms with Crippen molar-refractivity contribution in [2.45, 2.75) is 26.2 Å². The molecule has 0 saturated carbocycles. The van der Waals surface area contributed by atoms with Crippen molar-refractivity contribution in [3.05, 3.63) is 48.3 Å². The lowest BCUT2D eigenvalue weighted by Gasteiger charge is -2.35. The lowest BCUT2D eigenvalue weighted by atomic mass is 10.0. The van der Waals surface area contributed by atoms with Crippen molar-refractivity contribution in [3.63, 3.8) is 0 Å². The Morgan fingerprint density at radius 1 is 1.11 bits per heavy atom. The van der Waals surface area contributed by atoms with Gasteiger partial charge in [0.2, 0.25) is 0 Å². The average molecular weight is 505 g/mol. The molecular weight excluding hydrogens is 468 g/mol. The summed E-state index contributed by atoms with van der Waals surface area (Å²) in [6.07, 6.45) is 5.04. The van der Waals surface area contributed by atoms with Gasteiger partial charge >= 0.3 is 6.03 Å². The highest BCUT2D eigenvalue weighted by Gasteiger charge is 2.24. The standard InChI is InChI=1S/C28H36N6O3/c1-20-5-7-22(8-6-20)32-28(35)34-13-11-33(12-14-34)27-23-16-25(36-2)26(17-24(23)30-19-31-27)37-15-3-4-21-9-10-29-18-21/h5-8,16-17,19,21,29H,3-4,9-15,18H2,1-2H3,(H,32,35). The predicted molar refractivity (Wildman–Crippen MR) is 146 cm³/mol. The average Bonchev–Trinajstić information content (AvgIpc) is 3.45. The van der Waals surface area contributed by atoms with Gasteiger partial charge in [0, 0.05) is 43.3 Å². The molecule has 3 aromatic rings. The van der Waals surface area contributed by atoms with Gasteiger partial charge < -0.3 is 29.9 Å². The number of ether oxygens (including phenoxy) is 2. The number of aryl methyl sites for hydroxylation is 1. The molecule has 0 aliphatic carbocycles. The van der Waals surface area contributed by atoms with Crippen LogP contribution in [0.1, 0.15) is 24.8 Å². The number of rotatable bonds is 8. The van der Waals surface area contributed by atoms with E-state index in [9.17, 15) is 4.79 Å². The molecule has 2 aliphatic rings.